The van der Waals surface area contributed by atoms with Gasteiger partial charge in [0.05, 0.1) is 7.11 Å². The second-order valence-electron chi connectivity index (χ2n) is 4.58. The molecule has 0 saturated carbocycles. The molecule has 0 aliphatic heterocycles. The van der Waals surface area contributed by atoms with Crippen molar-refractivity contribution in [1.29, 1.82) is 0 Å². The maximum atomic E-state index is 12.0. The molecule has 0 aliphatic carbocycles. The summed E-state index contributed by atoms with van der Waals surface area (Å²) in [6.45, 7) is 2.07. The van der Waals surface area contributed by atoms with E-state index in [2.05, 4.69) is 12.2 Å². The Morgan fingerprint density at radius 1 is 1.14 bits per heavy atom. The van der Waals surface area contributed by atoms with E-state index in [4.69, 9.17) is 4.74 Å². The van der Waals surface area contributed by atoms with Crippen LogP contribution >= 0.6 is 0 Å². The number of carbonyl (C=O) groups excluding carboxylic acids is 1. The van der Waals surface area contributed by atoms with Crippen molar-refractivity contribution in [3.63, 3.8) is 0 Å². The van der Waals surface area contributed by atoms with Gasteiger partial charge in [-0.25, -0.2) is 0 Å². The van der Waals surface area contributed by atoms with Crippen LogP contribution in [0.3, 0.4) is 0 Å². The first-order chi connectivity index (χ1) is 10.2. The SMILES string of the molecule is CCc1ccccc1NC(=O)C=Cc1ccccc1OC. The highest BCUT2D eigenvalue weighted by Crippen LogP contribution is 2.19. The molecule has 0 unspecified atom stereocenters. The topological polar surface area (TPSA) is 38.3 Å². The molecule has 2 aromatic rings. The number of anilines is 1. The minimum absolute atomic E-state index is 0.151. The van der Waals surface area contributed by atoms with Gasteiger partial charge in [-0.05, 0) is 30.2 Å². The third-order valence-corrected chi connectivity index (χ3v) is 3.21. The summed E-state index contributed by atoms with van der Waals surface area (Å²) in [5.74, 6) is 0.595. The highest BCUT2D eigenvalue weighted by Gasteiger charge is 2.03. The van der Waals surface area contributed by atoms with Crippen LogP contribution in [0.15, 0.2) is 54.6 Å². The van der Waals surface area contributed by atoms with Crippen LogP contribution < -0.4 is 10.1 Å². The van der Waals surface area contributed by atoms with Crippen molar-refractivity contribution >= 4 is 17.7 Å². The van der Waals surface area contributed by atoms with Gasteiger partial charge in [-0.1, -0.05) is 43.3 Å². The minimum Gasteiger partial charge on any atom is -0.496 e. The predicted molar refractivity (Wildman–Crippen MR) is 86.5 cm³/mol. The Morgan fingerprint density at radius 3 is 2.62 bits per heavy atom. The van der Waals surface area contributed by atoms with E-state index in [1.165, 1.54) is 6.08 Å². The average molecular weight is 281 g/mol. The van der Waals surface area contributed by atoms with Gasteiger partial charge in [0.15, 0.2) is 0 Å². The van der Waals surface area contributed by atoms with Gasteiger partial charge in [-0.2, -0.15) is 0 Å². The molecule has 21 heavy (non-hydrogen) atoms. The first-order valence-electron chi connectivity index (χ1n) is 6.94. The fourth-order valence-electron chi connectivity index (χ4n) is 2.09. The molecule has 0 radical (unpaired) electrons. The first kappa shape index (κ1) is 14.9. The number of benzene rings is 2. The minimum atomic E-state index is -0.151. The highest BCUT2D eigenvalue weighted by molar-refractivity contribution is 6.02. The van der Waals surface area contributed by atoms with Crippen molar-refractivity contribution in [3.8, 4) is 5.75 Å². The molecule has 0 saturated heterocycles. The van der Waals surface area contributed by atoms with Crippen molar-refractivity contribution in [1.82, 2.24) is 0 Å². The number of nitrogens with one attached hydrogen (secondary N) is 1. The third-order valence-electron chi connectivity index (χ3n) is 3.21. The molecule has 2 rings (SSSR count). The summed E-state index contributed by atoms with van der Waals surface area (Å²) >= 11 is 0. The Hall–Kier alpha value is -2.55. The van der Waals surface area contributed by atoms with Gasteiger partial charge in [0.1, 0.15) is 5.75 Å². The molecular formula is C18H19NO2. The van der Waals surface area contributed by atoms with E-state index in [-0.39, 0.29) is 5.91 Å². The van der Waals surface area contributed by atoms with Crippen molar-refractivity contribution < 1.29 is 9.53 Å². The van der Waals surface area contributed by atoms with E-state index in [9.17, 15) is 4.79 Å². The highest BCUT2D eigenvalue weighted by atomic mass is 16.5. The number of hydrogen-bond acceptors (Lipinski definition) is 2. The molecule has 0 fully saturated rings. The molecule has 1 N–H and O–H groups in total. The van der Waals surface area contributed by atoms with Gasteiger partial charge in [-0.15, -0.1) is 0 Å². The number of hydrogen-bond donors (Lipinski definition) is 1. The van der Waals surface area contributed by atoms with Crippen LogP contribution in [0.4, 0.5) is 5.69 Å². The summed E-state index contributed by atoms with van der Waals surface area (Å²) in [6, 6.07) is 15.4. The second kappa shape index (κ2) is 7.29. The first-order valence-corrected chi connectivity index (χ1v) is 6.94. The van der Waals surface area contributed by atoms with Crippen LogP contribution in [0.2, 0.25) is 0 Å². The van der Waals surface area contributed by atoms with E-state index in [1.807, 2.05) is 48.5 Å². The van der Waals surface area contributed by atoms with Crippen LogP contribution in [-0.2, 0) is 11.2 Å². The molecule has 0 spiro atoms. The predicted octanol–water partition coefficient (Wildman–Crippen LogP) is 3.91. The Kier molecular flexibility index (Phi) is 5.16. The van der Waals surface area contributed by atoms with Crippen LogP contribution in [0.1, 0.15) is 18.1 Å². The summed E-state index contributed by atoms with van der Waals surface area (Å²) in [6.07, 6.45) is 4.15. The fourth-order valence-corrected chi connectivity index (χ4v) is 2.09. The van der Waals surface area contributed by atoms with Crippen LogP contribution in [0.25, 0.3) is 6.08 Å². The van der Waals surface area contributed by atoms with E-state index in [0.29, 0.717) is 0 Å². The number of aryl methyl sites for hydroxylation is 1. The lowest BCUT2D eigenvalue weighted by molar-refractivity contribution is -0.111. The van der Waals surface area contributed by atoms with Crippen LogP contribution in [-0.4, -0.2) is 13.0 Å². The lowest BCUT2D eigenvalue weighted by Crippen LogP contribution is -2.09. The molecular weight excluding hydrogens is 262 g/mol. The van der Waals surface area contributed by atoms with Gasteiger partial charge in [0, 0.05) is 17.3 Å². The summed E-state index contributed by atoms with van der Waals surface area (Å²) in [7, 11) is 1.62. The van der Waals surface area contributed by atoms with Gasteiger partial charge >= 0.3 is 0 Å². The number of methoxy groups -OCH3 is 1. The van der Waals surface area contributed by atoms with Crippen LogP contribution in [0, 0.1) is 0 Å². The molecule has 1 amide bonds. The molecule has 108 valence electrons. The Balaban J connectivity index is 2.09. The molecule has 2 aromatic carbocycles. The number of para-hydroxylation sites is 2. The number of ether oxygens (including phenoxy) is 1. The average Bonchev–Trinajstić information content (AvgIpc) is 2.53. The van der Waals surface area contributed by atoms with Crippen molar-refractivity contribution in [3.05, 3.63) is 65.7 Å². The van der Waals surface area contributed by atoms with E-state index in [1.54, 1.807) is 13.2 Å². The Morgan fingerprint density at radius 2 is 1.86 bits per heavy atom. The number of carbonyl (C=O) groups is 1. The standard InChI is InChI=1S/C18H19NO2/c1-3-14-8-4-6-10-16(14)19-18(20)13-12-15-9-5-7-11-17(15)21-2/h4-13H,3H2,1-2H3,(H,19,20). The zero-order chi connectivity index (χ0) is 15.1. The lowest BCUT2D eigenvalue weighted by atomic mass is 10.1. The van der Waals surface area contributed by atoms with Crippen LogP contribution in [0.5, 0.6) is 5.75 Å². The van der Waals surface area contributed by atoms with Gasteiger partial charge in [0.25, 0.3) is 0 Å². The quantitative estimate of drug-likeness (QED) is 0.844. The third kappa shape index (κ3) is 3.96. The monoisotopic (exact) mass is 281 g/mol. The molecule has 3 nitrogen and oxygen atoms in total. The van der Waals surface area contributed by atoms with Gasteiger partial charge < -0.3 is 10.1 Å². The molecule has 3 heteroatoms. The largest absolute Gasteiger partial charge is 0.496 e. The van der Waals surface area contributed by atoms with Crippen molar-refractivity contribution in [2.24, 2.45) is 0 Å². The lowest BCUT2D eigenvalue weighted by Gasteiger charge is -2.07. The Labute approximate surface area is 125 Å². The summed E-state index contributed by atoms with van der Waals surface area (Å²) in [5, 5.41) is 2.90. The zero-order valence-electron chi connectivity index (χ0n) is 12.3. The molecule has 0 aromatic heterocycles. The smallest absolute Gasteiger partial charge is 0.248 e. The summed E-state index contributed by atoms with van der Waals surface area (Å²) in [5.41, 5.74) is 2.85. The maximum absolute atomic E-state index is 12.0. The van der Waals surface area contributed by atoms with Gasteiger partial charge in [-0.3, -0.25) is 4.79 Å². The zero-order valence-corrected chi connectivity index (χ0v) is 12.3. The van der Waals surface area contributed by atoms with E-state index < -0.39 is 0 Å². The van der Waals surface area contributed by atoms with Crippen molar-refractivity contribution in [2.45, 2.75) is 13.3 Å². The summed E-state index contributed by atoms with van der Waals surface area (Å²) < 4.78 is 5.25. The maximum Gasteiger partial charge on any atom is 0.248 e. The second-order valence-corrected chi connectivity index (χ2v) is 4.58. The van der Waals surface area contributed by atoms with Gasteiger partial charge in [0.2, 0.25) is 5.91 Å². The van der Waals surface area contributed by atoms with E-state index in [0.717, 1.165) is 29.0 Å². The number of rotatable bonds is 5. The summed E-state index contributed by atoms with van der Waals surface area (Å²) in [4.78, 5) is 12.0. The number of amides is 1. The Bertz CT molecular complexity index is 647. The molecule has 0 aliphatic rings. The normalized spacial score (nSPS) is 10.6. The van der Waals surface area contributed by atoms with E-state index >= 15 is 0 Å². The molecule has 0 bridgehead atoms. The van der Waals surface area contributed by atoms with Crippen molar-refractivity contribution in [2.75, 3.05) is 12.4 Å². The fraction of sp³-hybridized carbons (Fsp3) is 0.167. The molecule has 0 heterocycles. The molecule has 0 atom stereocenters.